The first kappa shape index (κ1) is 11.4. The first-order valence-corrected chi connectivity index (χ1v) is 7.27. The number of hydrogen-bond donors (Lipinski definition) is 1. The molecule has 3 nitrogen and oxygen atoms in total. The average molecular weight is 256 g/mol. The zero-order valence-corrected chi connectivity index (χ0v) is 11.4. The molecule has 1 aromatic carbocycles. The predicted molar refractivity (Wildman–Crippen MR) is 76.9 cm³/mol. The van der Waals surface area contributed by atoms with Gasteiger partial charge in [-0.3, -0.25) is 4.90 Å². The van der Waals surface area contributed by atoms with E-state index in [1.807, 2.05) is 0 Å². The second-order valence-corrected chi connectivity index (χ2v) is 5.75. The molecule has 0 spiro atoms. The van der Waals surface area contributed by atoms with E-state index in [4.69, 9.17) is 4.74 Å². The number of benzene rings is 1. The zero-order chi connectivity index (χ0) is 12.8. The van der Waals surface area contributed by atoms with Gasteiger partial charge in [0.05, 0.1) is 7.11 Å². The Balaban J connectivity index is 1.88. The van der Waals surface area contributed by atoms with Crippen molar-refractivity contribution in [2.75, 3.05) is 20.2 Å². The van der Waals surface area contributed by atoms with Gasteiger partial charge in [-0.2, -0.15) is 0 Å². The highest BCUT2D eigenvalue weighted by molar-refractivity contribution is 5.90. The molecule has 0 radical (unpaired) electrons. The maximum atomic E-state index is 5.57. The largest absolute Gasteiger partial charge is 0.496 e. The maximum Gasteiger partial charge on any atom is 0.128 e. The topological polar surface area (TPSA) is 28.3 Å². The van der Waals surface area contributed by atoms with Gasteiger partial charge in [0.1, 0.15) is 5.75 Å². The van der Waals surface area contributed by atoms with Gasteiger partial charge in [0.15, 0.2) is 0 Å². The van der Waals surface area contributed by atoms with Crippen LogP contribution < -0.4 is 4.74 Å². The number of rotatable bonds is 1. The molecule has 2 aromatic rings. The monoisotopic (exact) mass is 256 g/mol. The average Bonchev–Trinajstić information content (AvgIpc) is 2.98. The van der Waals surface area contributed by atoms with Gasteiger partial charge in [-0.25, -0.2) is 0 Å². The molecule has 2 aliphatic rings. The Morgan fingerprint density at radius 3 is 3.16 bits per heavy atom. The van der Waals surface area contributed by atoms with E-state index in [-0.39, 0.29) is 0 Å². The Hall–Kier alpha value is -1.48. The number of aromatic nitrogens is 1. The molecule has 3 heterocycles. The fourth-order valence-corrected chi connectivity index (χ4v) is 3.86. The minimum atomic E-state index is 0.741. The quantitative estimate of drug-likeness (QED) is 0.849. The van der Waals surface area contributed by atoms with Crippen LogP contribution in [-0.4, -0.2) is 36.1 Å². The van der Waals surface area contributed by atoms with Gasteiger partial charge in [0, 0.05) is 35.6 Å². The summed E-state index contributed by atoms with van der Waals surface area (Å²) in [5, 5.41) is 1.31. The maximum absolute atomic E-state index is 5.57. The van der Waals surface area contributed by atoms with Crippen LogP contribution in [0.2, 0.25) is 0 Å². The molecule has 2 aliphatic heterocycles. The number of methoxy groups -OCH3 is 1. The summed E-state index contributed by atoms with van der Waals surface area (Å²) in [5.41, 5.74) is 4.16. The van der Waals surface area contributed by atoms with Crippen molar-refractivity contribution in [2.24, 2.45) is 0 Å². The Morgan fingerprint density at radius 1 is 1.32 bits per heavy atom. The molecular formula is C16H20N2O. The Morgan fingerprint density at radius 2 is 2.26 bits per heavy atom. The van der Waals surface area contributed by atoms with E-state index in [2.05, 4.69) is 28.1 Å². The number of nitrogens with zero attached hydrogens (tertiary/aromatic N) is 1. The fourth-order valence-electron chi connectivity index (χ4n) is 3.86. The lowest BCUT2D eigenvalue weighted by molar-refractivity contribution is 0.263. The number of nitrogens with one attached hydrogen (secondary N) is 1. The molecule has 1 saturated heterocycles. The third kappa shape index (κ3) is 1.68. The molecule has 4 rings (SSSR count). The van der Waals surface area contributed by atoms with Crippen molar-refractivity contribution in [3.8, 4) is 5.75 Å². The second kappa shape index (κ2) is 4.27. The Kier molecular flexibility index (Phi) is 2.55. The molecule has 1 aromatic heterocycles. The Labute approximate surface area is 113 Å². The summed E-state index contributed by atoms with van der Waals surface area (Å²) in [6, 6.07) is 7.05. The third-order valence-electron chi connectivity index (χ3n) is 4.79. The molecule has 100 valence electrons. The first-order valence-electron chi connectivity index (χ1n) is 7.27. The van der Waals surface area contributed by atoms with Crippen molar-refractivity contribution in [2.45, 2.75) is 31.7 Å². The zero-order valence-electron chi connectivity index (χ0n) is 11.4. The molecule has 1 atom stereocenters. The van der Waals surface area contributed by atoms with Crippen LogP contribution >= 0.6 is 0 Å². The van der Waals surface area contributed by atoms with E-state index in [9.17, 15) is 0 Å². The van der Waals surface area contributed by atoms with Crippen molar-refractivity contribution in [3.05, 3.63) is 29.5 Å². The molecule has 1 fully saturated rings. The summed E-state index contributed by atoms with van der Waals surface area (Å²) >= 11 is 0. The highest BCUT2D eigenvalue weighted by Crippen LogP contribution is 2.36. The molecule has 19 heavy (non-hydrogen) atoms. The van der Waals surface area contributed by atoms with Crippen molar-refractivity contribution in [3.63, 3.8) is 0 Å². The lowest BCUT2D eigenvalue weighted by Crippen LogP contribution is -2.30. The van der Waals surface area contributed by atoms with E-state index >= 15 is 0 Å². The SMILES string of the molecule is COc1cccc2[nH]c3c(c12)CC1CCCN1CC3. The van der Waals surface area contributed by atoms with Gasteiger partial charge in [-0.1, -0.05) is 6.07 Å². The van der Waals surface area contributed by atoms with E-state index in [1.165, 1.54) is 54.5 Å². The number of ether oxygens (including phenoxy) is 1. The van der Waals surface area contributed by atoms with Crippen LogP contribution in [0.25, 0.3) is 10.9 Å². The minimum Gasteiger partial charge on any atom is -0.496 e. The smallest absolute Gasteiger partial charge is 0.128 e. The molecule has 3 heteroatoms. The summed E-state index contributed by atoms with van der Waals surface area (Å²) in [7, 11) is 1.77. The predicted octanol–water partition coefficient (Wildman–Crippen LogP) is 2.74. The standard InChI is InChI=1S/C16H20N2O/c1-19-15-6-2-5-14-16(15)12-10-11-4-3-8-18(11)9-7-13(12)17-14/h2,5-6,11,17H,3-4,7-10H2,1H3. The summed E-state index contributed by atoms with van der Waals surface area (Å²) in [4.78, 5) is 6.28. The molecule has 0 bridgehead atoms. The summed E-state index contributed by atoms with van der Waals surface area (Å²) in [6.07, 6.45) is 5.03. The molecule has 0 amide bonds. The van der Waals surface area contributed by atoms with Crippen molar-refractivity contribution >= 4 is 10.9 Å². The summed E-state index contributed by atoms with van der Waals surface area (Å²) in [6.45, 7) is 2.48. The van der Waals surface area contributed by atoms with Gasteiger partial charge in [0.2, 0.25) is 0 Å². The summed E-state index contributed by atoms with van der Waals surface area (Å²) in [5.74, 6) is 1.02. The van der Waals surface area contributed by atoms with Crippen molar-refractivity contribution in [1.82, 2.24) is 9.88 Å². The lowest BCUT2D eigenvalue weighted by Gasteiger charge is -2.21. The normalized spacial score (nSPS) is 23.1. The van der Waals surface area contributed by atoms with Gasteiger partial charge < -0.3 is 9.72 Å². The van der Waals surface area contributed by atoms with Crippen LogP contribution in [0.15, 0.2) is 18.2 Å². The first-order chi connectivity index (χ1) is 9.36. The van der Waals surface area contributed by atoms with E-state index < -0.39 is 0 Å². The van der Waals surface area contributed by atoms with Crippen LogP contribution in [0, 0.1) is 0 Å². The highest BCUT2D eigenvalue weighted by Gasteiger charge is 2.30. The molecule has 0 saturated carbocycles. The molecule has 1 unspecified atom stereocenters. The molecule has 1 N–H and O–H groups in total. The van der Waals surface area contributed by atoms with Crippen molar-refractivity contribution < 1.29 is 4.74 Å². The van der Waals surface area contributed by atoms with Crippen molar-refractivity contribution in [1.29, 1.82) is 0 Å². The number of H-pyrrole nitrogens is 1. The number of aromatic amines is 1. The number of hydrogen-bond acceptors (Lipinski definition) is 2. The fraction of sp³-hybridized carbons (Fsp3) is 0.500. The van der Waals surface area contributed by atoms with Gasteiger partial charge >= 0.3 is 0 Å². The van der Waals surface area contributed by atoms with Gasteiger partial charge in [-0.15, -0.1) is 0 Å². The van der Waals surface area contributed by atoms with Crippen LogP contribution in [-0.2, 0) is 12.8 Å². The van der Waals surface area contributed by atoms with Crippen LogP contribution in [0.5, 0.6) is 5.75 Å². The van der Waals surface area contributed by atoms with Crippen LogP contribution in [0.3, 0.4) is 0 Å². The van der Waals surface area contributed by atoms with E-state index in [0.29, 0.717) is 0 Å². The second-order valence-electron chi connectivity index (χ2n) is 5.75. The highest BCUT2D eigenvalue weighted by atomic mass is 16.5. The van der Waals surface area contributed by atoms with Gasteiger partial charge in [0.25, 0.3) is 0 Å². The molecular weight excluding hydrogens is 236 g/mol. The number of fused-ring (bicyclic) bond motifs is 4. The molecule has 0 aliphatic carbocycles. The van der Waals surface area contributed by atoms with E-state index in [1.54, 1.807) is 7.11 Å². The van der Waals surface area contributed by atoms with E-state index in [0.717, 1.165) is 18.2 Å². The van der Waals surface area contributed by atoms with Crippen LogP contribution in [0.4, 0.5) is 0 Å². The minimum absolute atomic E-state index is 0.741. The van der Waals surface area contributed by atoms with Crippen LogP contribution in [0.1, 0.15) is 24.1 Å². The van der Waals surface area contributed by atoms with Gasteiger partial charge in [-0.05, 0) is 43.5 Å². The Bertz CT molecular complexity index is 616. The summed E-state index contributed by atoms with van der Waals surface area (Å²) < 4.78 is 5.57. The lowest BCUT2D eigenvalue weighted by atomic mass is 10.0. The third-order valence-corrected chi connectivity index (χ3v) is 4.79.